The third-order valence-electron chi connectivity index (χ3n) is 2.60. The Balaban J connectivity index is 2.76. The number of halogens is 1. The standard InChI is InChI=1S/C12H17ClN2O4S/c1-19-11-3-2-9(12(14)16)8-10(11)15-5-7-20(17,18)6-4-13/h2-3,8,15H,4-7H2,1H3,(H2,14,16). The van der Waals surface area contributed by atoms with Gasteiger partial charge in [0, 0.05) is 18.0 Å². The zero-order chi connectivity index (χ0) is 15.2. The van der Waals surface area contributed by atoms with Gasteiger partial charge in [-0.05, 0) is 18.2 Å². The smallest absolute Gasteiger partial charge is 0.248 e. The lowest BCUT2D eigenvalue weighted by molar-refractivity contribution is 0.100. The van der Waals surface area contributed by atoms with Crippen molar-refractivity contribution >= 4 is 33.0 Å². The Morgan fingerprint density at radius 3 is 2.65 bits per heavy atom. The van der Waals surface area contributed by atoms with Crippen LogP contribution in [0.4, 0.5) is 5.69 Å². The van der Waals surface area contributed by atoms with Crippen molar-refractivity contribution in [1.82, 2.24) is 0 Å². The molecular weight excluding hydrogens is 304 g/mol. The molecule has 112 valence electrons. The van der Waals surface area contributed by atoms with Gasteiger partial charge in [-0.3, -0.25) is 4.79 Å². The highest BCUT2D eigenvalue weighted by Crippen LogP contribution is 2.25. The normalized spacial score (nSPS) is 11.1. The van der Waals surface area contributed by atoms with Gasteiger partial charge in [-0.1, -0.05) is 0 Å². The molecule has 0 atom stereocenters. The molecule has 1 aromatic rings. The Labute approximate surface area is 123 Å². The first kappa shape index (κ1) is 16.6. The molecular formula is C12H17ClN2O4S. The monoisotopic (exact) mass is 320 g/mol. The van der Waals surface area contributed by atoms with Crippen LogP contribution in [0.25, 0.3) is 0 Å². The number of sulfone groups is 1. The summed E-state index contributed by atoms with van der Waals surface area (Å²) in [6.45, 7) is 0.192. The fourth-order valence-corrected chi connectivity index (χ4v) is 3.12. The van der Waals surface area contributed by atoms with Crippen LogP contribution < -0.4 is 15.8 Å². The second-order valence-electron chi connectivity index (χ2n) is 4.05. The van der Waals surface area contributed by atoms with Gasteiger partial charge in [-0.25, -0.2) is 8.42 Å². The van der Waals surface area contributed by atoms with Crippen molar-refractivity contribution in [2.75, 3.05) is 36.4 Å². The van der Waals surface area contributed by atoms with Gasteiger partial charge in [0.05, 0.1) is 24.3 Å². The van der Waals surface area contributed by atoms with Gasteiger partial charge >= 0.3 is 0 Å². The highest BCUT2D eigenvalue weighted by molar-refractivity contribution is 7.91. The second kappa shape index (κ2) is 7.35. The van der Waals surface area contributed by atoms with Crippen LogP contribution in [0.5, 0.6) is 5.75 Å². The van der Waals surface area contributed by atoms with E-state index in [-0.39, 0.29) is 23.9 Å². The number of primary amides is 1. The Kier molecular flexibility index (Phi) is 6.09. The zero-order valence-electron chi connectivity index (χ0n) is 11.1. The number of nitrogens with two attached hydrogens (primary N) is 1. The number of rotatable bonds is 8. The first-order valence-corrected chi connectivity index (χ1v) is 8.23. The lowest BCUT2D eigenvalue weighted by Gasteiger charge is -2.12. The molecule has 0 radical (unpaired) electrons. The topological polar surface area (TPSA) is 98.5 Å². The Bertz CT molecular complexity index is 575. The summed E-state index contributed by atoms with van der Waals surface area (Å²) in [5.41, 5.74) is 6.03. The molecule has 0 fully saturated rings. The molecule has 0 saturated carbocycles. The van der Waals surface area contributed by atoms with E-state index in [1.807, 2.05) is 0 Å². The van der Waals surface area contributed by atoms with E-state index in [1.54, 1.807) is 6.07 Å². The molecule has 1 amide bonds. The van der Waals surface area contributed by atoms with E-state index in [0.717, 1.165) is 0 Å². The average Bonchev–Trinajstić information content (AvgIpc) is 2.38. The summed E-state index contributed by atoms with van der Waals surface area (Å²) in [5, 5.41) is 2.92. The predicted octanol–water partition coefficient (Wildman–Crippen LogP) is 0.860. The van der Waals surface area contributed by atoms with Gasteiger partial charge in [-0.2, -0.15) is 0 Å². The molecule has 0 unspecified atom stereocenters. The molecule has 1 aromatic carbocycles. The maximum absolute atomic E-state index is 11.5. The van der Waals surface area contributed by atoms with E-state index in [1.165, 1.54) is 19.2 Å². The number of carbonyl (C=O) groups excluding carboxylic acids is 1. The largest absolute Gasteiger partial charge is 0.495 e. The Morgan fingerprint density at radius 2 is 2.10 bits per heavy atom. The van der Waals surface area contributed by atoms with Crippen molar-refractivity contribution in [2.45, 2.75) is 0 Å². The number of hydrogen-bond donors (Lipinski definition) is 2. The lowest BCUT2D eigenvalue weighted by Crippen LogP contribution is -2.19. The number of methoxy groups -OCH3 is 1. The SMILES string of the molecule is COc1ccc(C(N)=O)cc1NCCS(=O)(=O)CCCl. The molecule has 0 aliphatic heterocycles. The maximum Gasteiger partial charge on any atom is 0.248 e. The van der Waals surface area contributed by atoms with E-state index >= 15 is 0 Å². The lowest BCUT2D eigenvalue weighted by atomic mass is 10.2. The van der Waals surface area contributed by atoms with E-state index in [4.69, 9.17) is 22.1 Å². The van der Waals surface area contributed by atoms with Gasteiger partial charge in [0.1, 0.15) is 5.75 Å². The minimum absolute atomic E-state index is 0.0519. The Hall–Kier alpha value is -1.47. The van der Waals surface area contributed by atoms with Crippen LogP contribution in [-0.4, -0.2) is 45.4 Å². The van der Waals surface area contributed by atoms with E-state index < -0.39 is 15.7 Å². The third kappa shape index (κ3) is 4.90. The van der Waals surface area contributed by atoms with Crippen LogP contribution in [0.3, 0.4) is 0 Å². The first-order chi connectivity index (χ1) is 9.39. The highest BCUT2D eigenvalue weighted by Gasteiger charge is 2.11. The fraction of sp³-hybridized carbons (Fsp3) is 0.417. The zero-order valence-corrected chi connectivity index (χ0v) is 12.6. The van der Waals surface area contributed by atoms with E-state index in [0.29, 0.717) is 17.0 Å². The number of nitrogens with one attached hydrogen (secondary N) is 1. The van der Waals surface area contributed by atoms with Crippen LogP contribution in [0, 0.1) is 0 Å². The van der Waals surface area contributed by atoms with Crippen LogP contribution in [0.2, 0.25) is 0 Å². The van der Waals surface area contributed by atoms with Crippen LogP contribution in [0.15, 0.2) is 18.2 Å². The molecule has 6 nitrogen and oxygen atoms in total. The minimum Gasteiger partial charge on any atom is -0.495 e. The number of ether oxygens (including phenoxy) is 1. The quantitative estimate of drug-likeness (QED) is 0.692. The second-order valence-corrected chi connectivity index (χ2v) is 6.73. The van der Waals surface area contributed by atoms with Gasteiger partial charge in [0.2, 0.25) is 5.91 Å². The Morgan fingerprint density at radius 1 is 1.40 bits per heavy atom. The van der Waals surface area contributed by atoms with Crippen molar-refractivity contribution in [1.29, 1.82) is 0 Å². The van der Waals surface area contributed by atoms with Gasteiger partial charge in [0.15, 0.2) is 9.84 Å². The molecule has 0 aliphatic rings. The van der Waals surface area contributed by atoms with Crippen LogP contribution >= 0.6 is 11.6 Å². The number of carbonyl (C=O) groups is 1. The molecule has 0 aliphatic carbocycles. The average molecular weight is 321 g/mol. The summed E-state index contributed by atoms with van der Waals surface area (Å²) in [5.74, 6) is -0.100. The summed E-state index contributed by atoms with van der Waals surface area (Å²) >= 11 is 5.41. The van der Waals surface area contributed by atoms with Gasteiger partial charge < -0.3 is 15.8 Å². The van der Waals surface area contributed by atoms with E-state index in [2.05, 4.69) is 5.32 Å². The van der Waals surface area contributed by atoms with Crippen molar-refractivity contribution in [3.05, 3.63) is 23.8 Å². The minimum atomic E-state index is -3.17. The molecule has 0 saturated heterocycles. The molecule has 3 N–H and O–H groups in total. The summed E-state index contributed by atoms with van der Waals surface area (Å²) < 4.78 is 28.2. The summed E-state index contributed by atoms with van der Waals surface area (Å²) in [7, 11) is -1.69. The first-order valence-electron chi connectivity index (χ1n) is 5.87. The fourth-order valence-electron chi connectivity index (χ4n) is 1.56. The van der Waals surface area contributed by atoms with Crippen molar-refractivity contribution in [3.8, 4) is 5.75 Å². The van der Waals surface area contributed by atoms with Crippen LogP contribution in [0.1, 0.15) is 10.4 Å². The third-order valence-corrected chi connectivity index (χ3v) is 4.67. The summed E-state index contributed by atoms with van der Waals surface area (Å²) in [4.78, 5) is 11.1. The maximum atomic E-state index is 11.5. The number of anilines is 1. The van der Waals surface area contributed by atoms with Gasteiger partial charge in [0.25, 0.3) is 0 Å². The summed E-state index contributed by atoms with van der Waals surface area (Å²) in [6.07, 6.45) is 0. The molecule has 20 heavy (non-hydrogen) atoms. The van der Waals surface area contributed by atoms with Crippen molar-refractivity contribution in [2.24, 2.45) is 5.73 Å². The number of alkyl halides is 1. The molecule has 1 rings (SSSR count). The number of amides is 1. The molecule has 0 bridgehead atoms. The summed E-state index contributed by atoms with van der Waals surface area (Å²) in [6, 6.07) is 4.65. The van der Waals surface area contributed by atoms with Gasteiger partial charge in [-0.15, -0.1) is 11.6 Å². The highest BCUT2D eigenvalue weighted by atomic mass is 35.5. The molecule has 0 aromatic heterocycles. The molecule has 0 spiro atoms. The van der Waals surface area contributed by atoms with E-state index in [9.17, 15) is 13.2 Å². The van der Waals surface area contributed by atoms with Crippen LogP contribution in [-0.2, 0) is 9.84 Å². The number of benzene rings is 1. The van der Waals surface area contributed by atoms with Crippen molar-refractivity contribution < 1.29 is 17.9 Å². The predicted molar refractivity (Wildman–Crippen MR) is 79.4 cm³/mol. The molecule has 8 heteroatoms. The molecule has 0 heterocycles. The van der Waals surface area contributed by atoms with Crippen molar-refractivity contribution in [3.63, 3.8) is 0 Å². The number of hydrogen-bond acceptors (Lipinski definition) is 5.